The van der Waals surface area contributed by atoms with Crippen molar-refractivity contribution in [3.8, 4) is 5.75 Å². The molecule has 0 N–H and O–H groups in total. The molecule has 0 bridgehead atoms. The number of piperidine rings is 1. The molecule has 0 aliphatic carbocycles. The van der Waals surface area contributed by atoms with E-state index in [0.29, 0.717) is 19.0 Å². The Kier molecular flexibility index (Phi) is 4.70. The van der Waals surface area contributed by atoms with Crippen LogP contribution in [0.2, 0.25) is 0 Å². The van der Waals surface area contributed by atoms with Gasteiger partial charge in [-0.05, 0) is 45.6 Å². The maximum Gasteiger partial charge on any atom is 0.410 e. The smallest absolute Gasteiger partial charge is 0.410 e. The summed E-state index contributed by atoms with van der Waals surface area (Å²) in [7, 11) is 1.66. The van der Waals surface area contributed by atoms with Gasteiger partial charge in [-0.25, -0.2) is 4.79 Å². The van der Waals surface area contributed by atoms with Crippen molar-refractivity contribution in [2.75, 3.05) is 20.2 Å². The third kappa shape index (κ3) is 4.09. The number of aromatic nitrogens is 1. The number of hydrogen-bond donors (Lipinski definition) is 0. The van der Waals surface area contributed by atoms with Crippen LogP contribution < -0.4 is 4.74 Å². The second-order valence-corrected chi connectivity index (χ2v) is 6.36. The average Bonchev–Trinajstić information content (AvgIpc) is 2.45. The van der Waals surface area contributed by atoms with Crippen molar-refractivity contribution in [1.82, 2.24) is 9.88 Å². The molecule has 5 heteroatoms. The van der Waals surface area contributed by atoms with E-state index < -0.39 is 5.60 Å². The van der Waals surface area contributed by atoms with E-state index in [9.17, 15) is 4.79 Å². The maximum absolute atomic E-state index is 12.0. The molecule has 1 aromatic heterocycles. The number of pyridine rings is 1. The molecule has 116 valence electrons. The van der Waals surface area contributed by atoms with Crippen LogP contribution in [-0.2, 0) is 4.74 Å². The summed E-state index contributed by atoms with van der Waals surface area (Å²) in [5.74, 6) is 1.23. The van der Waals surface area contributed by atoms with E-state index in [1.807, 2.05) is 26.8 Å². The van der Waals surface area contributed by atoms with Gasteiger partial charge in [0, 0.05) is 24.8 Å². The summed E-state index contributed by atoms with van der Waals surface area (Å²) in [6, 6.07) is 2.01. The second kappa shape index (κ2) is 6.33. The number of carbonyl (C=O) groups excluding carboxylic acids is 1. The van der Waals surface area contributed by atoms with Crippen molar-refractivity contribution >= 4 is 6.09 Å². The summed E-state index contributed by atoms with van der Waals surface area (Å²) in [5.41, 5.74) is 0.735. The SMILES string of the molecule is COc1cnccc1C1CCN(C(=O)OC(C)(C)C)CC1. The third-order valence-electron chi connectivity index (χ3n) is 3.62. The van der Waals surface area contributed by atoms with Gasteiger partial charge >= 0.3 is 6.09 Å². The van der Waals surface area contributed by atoms with Gasteiger partial charge in [-0.3, -0.25) is 4.98 Å². The van der Waals surface area contributed by atoms with E-state index in [-0.39, 0.29) is 6.09 Å². The number of carbonyl (C=O) groups is 1. The van der Waals surface area contributed by atoms with Crippen molar-refractivity contribution in [2.24, 2.45) is 0 Å². The first-order valence-electron chi connectivity index (χ1n) is 7.36. The Labute approximate surface area is 126 Å². The van der Waals surface area contributed by atoms with Gasteiger partial charge in [-0.15, -0.1) is 0 Å². The Hall–Kier alpha value is -1.78. The zero-order valence-corrected chi connectivity index (χ0v) is 13.3. The number of amides is 1. The van der Waals surface area contributed by atoms with Gasteiger partial charge in [-0.1, -0.05) is 0 Å². The lowest BCUT2D eigenvalue weighted by Gasteiger charge is -2.33. The van der Waals surface area contributed by atoms with Crippen LogP contribution in [0.1, 0.15) is 45.1 Å². The molecular formula is C16H24N2O3. The molecule has 1 amide bonds. The van der Waals surface area contributed by atoms with Gasteiger partial charge in [-0.2, -0.15) is 0 Å². The zero-order valence-electron chi connectivity index (χ0n) is 13.3. The minimum Gasteiger partial charge on any atom is -0.495 e. The number of ether oxygens (including phenoxy) is 2. The molecule has 1 saturated heterocycles. The van der Waals surface area contributed by atoms with Crippen LogP contribution in [0.3, 0.4) is 0 Å². The predicted molar refractivity (Wildman–Crippen MR) is 80.6 cm³/mol. The van der Waals surface area contributed by atoms with E-state index >= 15 is 0 Å². The molecule has 0 radical (unpaired) electrons. The highest BCUT2D eigenvalue weighted by Gasteiger charge is 2.28. The standard InChI is InChI=1S/C16H24N2O3/c1-16(2,3)21-15(19)18-9-6-12(7-10-18)13-5-8-17-11-14(13)20-4/h5,8,11-12H,6-7,9-10H2,1-4H3. The molecule has 1 aliphatic rings. The van der Waals surface area contributed by atoms with Crippen LogP contribution in [0.25, 0.3) is 0 Å². The van der Waals surface area contributed by atoms with E-state index in [0.717, 1.165) is 18.6 Å². The summed E-state index contributed by atoms with van der Waals surface area (Å²) in [5, 5.41) is 0. The number of methoxy groups -OCH3 is 1. The molecule has 0 spiro atoms. The minimum atomic E-state index is -0.442. The lowest BCUT2D eigenvalue weighted by molar-refractivity contribution is 0.0204. The molecule has 1 aliphatic heterocycles. The molecule has 2 heterocycles. The number of rotatable bonds is 2. The van der Waals surface area contributed by atoms with E-state index in [4.69, 9.17) is 9.47 Å². The molecule has 21 heavy (non-hydrogen) atoms. The summed E-state index contributed by atoms with van der Waals surface area (Å²) >= 11 is 0. The van der Waals surface area contributed by atoms with Gasteiger partial charge in [0.15, 0.2) is 0 Å². The molecule has 0 unspecified atom stereocenters. The molecular weight excluding hydrogens is 268 g/mol. The third-order valence-corrected chi connectivity index (χ3v) is 3.62. The predicted octanol–water partition coefficient (Wildman–Crippen LogP) is 3.20. The van der Waals surface area contributed by atoms with Crippen LogP contribution in [-0.4, -0.2) is 41.8 Å². The summed E-state index contributed by atoms with van der Waals surface area (Å²) in [6.07, 6.45) is 5.15. The first kappa shape index (κ1) is 15.6. The average molecular weight is 292 g/mol. The number of likely N-dealkylation sites (tertiary alicyclic amines) is 1. The molecule has 0 atom stereocenters. The Bertz CT molecular complexity index is 489. The van der Waals surface area contributed by atoms with Crippen LogP contribution in [0, 0.1) is 0 Å². The summed E-state index contributed by atoms with van der Waals surface area (Å²) in [4.78, 5) is 17.9. The Morgan fingerprint density at radius 2 is 2.00 bits per heavy atom. The molecule has 2 rings (SSSR count). The molecule has 0 aromatic carbocycles. The molecule has 5 nitrogen and oxygen atoms in total. The van der Waals surface area contributed by atoms with Crippen LogP contribution in [0.4, 0.5) is 4.79 Å². The normalized spacial score (nSPS) is 16.7. The highest BCUT2D eigenvalue weighted by atomic mass is 16.6. The van der Waals surface area contributed by atoms with Crippen LogP contribution in [0.5, 0.6) is 5.75 Å². The molecule has 1 aromatic rings. The van der Waals surface area contributed by atoms with Gasteiger partial charge in [0.2, 0.25) is 0 Å². The van der Waals surface area contributed by atoms with E-state index in [2.05, 4.69) is 4.98 Å². The van der Waals surface area contributed by atoms with E-state index in [1.165, 1.54) is 5.56 Å². The van der Waals surface area contributed by atoms with Crippen LogP contribution in [0.15, 0.2) is 18.5 Å². The highest BCUT2D eigenvalue weighted by Crippen LogP contribution is 2.33. The van der Waals surface area contributed by atoms with Gasteiger partial charge in [0.05, 0.1) is 13.3 Å². The van der Waals surface area contributed by atoms with Crippen molar-refractivity contribution in [3.63, 3.8) is 0 Å². The topological polar surface area (TPSA) is 51.7 Å². The Morgan fingerprint density at radius 1 is 1.33 bits per heavy atom. The van der Waals surface area contributed by atoms with Gasteiger partial charge in [0.1, 0.15) is 11.4 Å². The van der Waals surface area contributed by atoms with Crippen molar-refractivity contribution in [2.45, 2.75) is 45.1 Å². The summed E-state index contributed by atoms with van der Waals surface area (Å²) < 4.78 is 10.8. The van der Waals surface area contributed by atoms with Gasteiger partial charge in [0.25, 0.3) is 0 Å². The van der Waals surface area contributed by atoms with Crippen molar-refractivity contribution < 1.29 is 14.3 Å². The maximum atomic E-state index is 12.0. The summed E-state index contributed by atoms with van der Waals surface area (Å²) in [6.45, 7) is 7.09. The number of nitrogens with zero attached hydrogens (tertiary/aromatic N) is 2. The van der Waals surface area contributed by atoms with Crippen molar-refractivity contribution in [3.05, 3.63) is 24.0 Å². The Balaban J connectivity index is 1.96. The molecule has 1 fully saturated rings. The fourth-order valence-electron chi connectivity index (χ4n) is 2.60. The lowest BCUT2D eigenvalue weighted by Crippen LogP contribution is -2.41. The minimum absolute atomic E-state index is 0.220. The first-order valence-corrected chi connectivity index (χ1v) is 7.36. The quantitative estimate of drug-likeness (QED) is 0.840. The highest BCUT2D eigenvalue weighted by molar-refractivity contribution is 5.68. The van der Waals surface area contributed by atoms with E-state index in [1.54, 1.807) is 24.4 Å². The van der Waals surface area contributed by atoms with Gasteiger partial charge < -0.3 is 14.4 Å². The number of hydrogen-bond acceptors (Lipinski definition) is 4. The van der Waals surface area contributed by atoms with Crippen LogP contribution >= 0.6 is 0 Å². The fourth-order valence-corrected chi connectivity index (χ4v) is 2.60. The monoisotopic (exact) mass is 292 g/mol. The lowest BCUT2D eigenvalue weighted by atomic mass is 9.89. The Morgan fingerprint density at radius 3 is 2.57 bits per heavy atom. The molecule has 0 saturated carbocycles. The van der Waals surface area contributed by atoms with Crippen molar-refractivity contribution in [1.29, 1.82) is 0 Å². The fraction of sp³-hybridized carbons (Fsp3) is 0.625. The second-order valence-electron chi connectivity index (χ2n) is 6.36. The largest absolute Gasteiger partial charge is 0.495 e. The zero-order chi connectivity index (χ0) is 15.5. The first-order chi connectivity index (χ1) is 9.90.